The van der Waals surface area contributed by atoms with Crippen molar-refractivity contribution in [2.75, 3.05) is 19.8 Å². The predicted molar refractivity (Wildman–Crippen MR) is 53.2 cm³/mol. The fourth-order valence-corrected chi connectivity index (χ4v) is 3.04. The van der Waals surface area contributed by atoms with Gasteiger partial charge in [-0.15, -0.1) is 0 Å². The minimum absolute atomic E-state index is 0.0275. The van der Waals surface area contributed by atoms with Crippen LogP contribution in [-0.4, -0.2) is 41.7 Å². The van der Waals surface area contributed by atoms with Crippen molar-refractivity contribution in [2.45, 2.75) is 18.9 Å². The van der Waals surface area contributed by atoms with Crippen molar-refractivity contribution in [3.8, 4) is 0 Å². The lowest BCUT2D eigenvalue weighted by Crippen LogP contribution is -2.56. The first-order chi connectivity index (χ1) is 7.24. The van der Waals surface area contributed by atoms with Crippen LogP contribution in [-0.2, 0) is 9.53 Å². The summed E-state index contributed by atoms with van der Waals surface area (Å²) in [4.78, 5) is 13.6. The van der Waals surface area contributed by atoms with Crippen LogP contribution in [0.25, 0.3) is 0 Å². The van der Waals surface area contributed by atoms with Crippen LogP contribution in [0, 0.1) is 11.8 Å². The zero-order valence-electron chi connectivity index (χ0n) is 8.56. The molecule has 0 saturated carbocycles. The molecule has 3 aliphatic heterocycles. The molecule has 0 spiro atoms. The summed E-state index contributed by atoms with van der Waals surface area (Å²) >= 11 is 0. The first kappa shape index (κ1) is 9.21. The van der Waals surface area contributed by atoms with E-state index in [4.69, 9.17) is 4.74 Å². The number of hydrogen-bond acceptors (Lipinski definition) is 3. The van der Waals surface area contributed by atoms with Gasteiger partial charge in [0.1, 0.15) is 0 Å². The Kier molecular flexibility index (Phi) is 1.99. The van der Waals surface area contributed by atoms with Crippen LogP contribution in [0.3, 0.4) is 0 Å². The Morgan fingerprint density at radius 1 is 1.47 bits per heavy atom. The zero-order chi connectivity index (χ0) is 10.4. The highest BCUT2D eigenvalue weighted by Crippen LogP contribution is 2.36. The Bertz CT molecular complexity index is 326. The third-order valence-electron chi connectivity index (χ3n) is 3.71. The number of nitrogens with zero attached hydrogens (tertiary/aromatic N) is 1. The van der Waals surface area contributed by atoms with E-state index in [-0.39, 0.29) is 17.7 Å². The number of carbonyl (C=O) groups excluding carboxylic acids is 1. The number of amides is 1. The Labute approximate surface area is 88.5 Å². The molecule has 1 unspecified atom stereocenters. The number of ether oxygens (including phenoxy) is 1. The smallest absolute Gasteiger partial charge is 0.250 e. The van der Waals surface area contributed by atoms with Crippen LogP contribution in [0.5, 0.6) is 0 Å². The summed E-state index contributed by atoms with van der Waals surface area (Å²) in [6.07, 6.45) is 3.10. The average molecular weight is 209 g/mol. The minimum Gasteiger partial charge on any atom is -0.512 e. The van der Waals surface area contributed by atoms with Gasteiger partial charge in [0, 0.05) is 36.9 Å². The number of aliphatic hydroxyl groups is 1. The van der Waals surface area contributed by atoms with Gasteiger partial charge in [-0.3, -0.25) is 4.79 Å². The molecule has 3 rings (SSSR count). The maximum absolute atomic E-state index is 11.7. The number of fused-ring (bicyclic) bond motifs is 4. The van der Waals surface area contributed by atoms with Gasteiger partial charge in [-0.2, -0.15) is 0 Å². The van der Waals surface area contributed by atoms with Gasteiger partial charge in [-0.25, -0.2) is 0 Å². The molecule has 4 nitrogen and oxygen atoms in total. The van der Waals surface area contributed by atoms with Gasteiger partial charge >= 0.3 is 0 Å². The van der Waals surface area contributed by atoms with Crippen molar-refractivity contribution in [2.24, 2.45) is 11.8 Å². The van der Waals surface area contributed by atoms with Gasteiger partial charge in [0.2, 0.25) is 5.91 Å². The van der Waals surface area contributed by atoms with E-state index in [9.17, 15) is 9.90 Å². The van der Waals surface area contributed by atoms with Crippen LogP contribution in [0.4, 0.5) is 0 Å². The summed E-state index contributed by atoms with van der Waals surface area (Å²) in [5.41, 5.74) is 0. The van der Waals surface area contributed by atoms with Crippen LogP contribution in [0.15, 0.2) is 11.8 Å². The highest BCUT2D eigenvalue weighted by Gasteiger charge is 2.42. The molecule has 0 radical (unpaired) electrons. The molecule has 2 saturated heterocycles. The van der Waals surface area contributed by atoms with Crippen molar-refractivity contribution < 1.29 is 14.6 Å². The maximum Gasteiger partial charge on any atom is 0.250 e. The summed E-state index contributed by atoms with van der Waals surface area (Å²) in [5.74, 6) is 1.11. The number of aliphatic hydroxyl groups excluding tert-OH is 1. The van der Waals surface area contributed by atoms with Crippen molar-refractivity contribution in [3.63, 3.8) is 0 Å². The second-order valence-electron chi connectivity index (χ2n) is 4.80. The molecule has 1 amide bonds. The molecule has 0 aliphatic carbocycles. The van der Waals surface area contributed by atoms with Gasteiger partial charge < -0.3 is 14.7 Å². The molecule has 3 atom stereocenters. The lowest BCUT2D eigenvalue weighted by Gasteiger charge is -2.48. The van der Waals surface area contributed by atoms with E-state index in [1.807, 2.05) is 4.90 Å². The molecule has 0 aromatic rings. The Balaban J connectivity index is 1.89. The molecule has 15 heavy (non-hydrogen) atoms. The molecule has 0 aromatic carbocycles. The van der Waals surface area contributed by atoms with E-state index >= 15 is 0 Å². The molecular weight excluding hydrogens is 194 g/mol. The molecular formula is C11H15NO3. The second kappa shape index (κ2) is 3.23. The SMILES string of the molecule is O=C1C=C(O)C[C@H]2[C@@H]3COCC(C3)CN12. The van der Waals surface area contributed by atoms with Gasteiger partial charge in [0.05, 0.1) is 19.0 Å². The number of carbonyl (C=O) groups is 1. The van der Waals surface area contributed by atoms with E-state index < -0.39 is 0 Å². The monoisotopic (exact) mass is 209 g/mol. The first-order valence-electron chi connectivity index (χ1n) is 5.52. The Hall–Kier alpha value is -1.03. The van der Waals surface area contributed by atoms with Gasteiger partial charge in [0.15, 0.2) is 0 Å². The summed E-state index contributed by atoms with van der Waals surface area (Å²) in [6, 6.07) is 0.166. The van der Waals surface area contributed by atoms with E-state index in [2.05, 4.69) is 0 Å². The lowest BCUT2D eigenvalue weighted by molar-refractivity contribution is -0.142. The maximum atomic E-state index is 11.7. The minimum atomic E-state index is -0.0275. The van der Waals surface area contributed by atoms with Crippen molar-refractivity contribution in [1.29, 1.82) is 0 Å². The standard InChI is InChI=1S/C11H15NO3/c13-9-2-10-8-1-7(5-15-6-8)4-12(10)11(14)3-9/h3,7-8,10,13H,1-2,4-6H2/t7?,8-,10-/m0/s1. The third-order valence-corrected chi connectivity index (χ3v) is 3.71. The van der Waals surface area contributed by atoms with E-state index in [1.54, 1.807) is 0 Å². The number of rotatable bonds is 0. The fraction of sp³-hybridized carbons (Fsp3) is 0.727. The predicted octanol–water partition coefficient (Wildman–Crippen LogP) is 0.696. The van der Waals surface area contributed by atoms with Gasteiger partial charge in [0.25, 0.3) is 0 Å². The van der Waals surface area contributed by atoms with Gasteiger partial charge in [-0.05, 0) is 6.42 Å². The molecule has 3 aliphatic rings. The molecule has 1 N–H and O–H groups in total. The summed E-state index contributed by atoms with van der Waals surface area (Å²) < 4.78 is 5.52. The molecule has 82 valence electrons. The van der Waals surface area contributed by atoms with Crippen molar-refractivity contribution >= 4 is 5.91 Å². The number of hydrogen-bond donors (Lipinski definition) is 1. The largest absolute Gasteiger partial charge is 0.512 e. The van der Waals surface area contributed by atoms with Crippen LogP contribution < -0.4 is 0 Å². The molecule has 2 fully saturated rings. The normalized spacial score (nSPS) is 39.7. The summed E-state index contributed by atoms with van der Waals surface area (Å²) in [6.45, 7) is 2.31. The first-order valence-corrected chi connectivity index (χ1v) is 5.52. The Morgan fingerprint density at radius 2 is 2.33 bits per heavy atom. The molecule has 3 heterocycles. The highest BCUT2D eigenvalue weighted by molar-refractivity contribution is 5.89. The quantitative estimate of drug-likeness (QED) is 0.638. The van der Waals surface area contributed by atoms with Crippen LogP contribution in [0.2, 0.25) is 0 Å². The fourth-order valence-electron chi connectivity index (χ4n) is 3.04. The van der Waals surface area contributed by atoms with E-state index in [0.29, 0.717) is 18.3 Å². The number of piperidine rings is 1. The van der Waals surface area contributed by atoms with Crippen molar-refractivity contribution in [1.82, 2.24) is 4.90 Å². The molecule has 2 bridgehead atoms. The Morgan fingerprint density at radius 3 is 3.20 bits per heavy atom. The topological polar surface area (TPSA) is 49.8 Å². The van der Waals surface area contributed by atoms with E-state index in [0.717, 1.165) is 26.2 Å². The summed E-state index contributed by atoms with van der Waals surface area (Å²) in [7, 11) is 0. The lowest BCUT2D eigenvalue weighted by atomic mass is 9.79. The average Bonchev–Trinajstić information content (AvgIpc) is 2.21. The highest BCUT2D eigenvalue weighted by atomic mass is 16.5. The van der Waals surface area contributed by atoms with Crippen molar-refractivity contribution in [3.05, 3.63) is 11.8 Å². The molecule has 4 heteroatoms. The zero-order valence-corrected chi connectivity index (χ0v) is 8.56. The van der Waals surface area contributed by atoms with E-state index in [1.165, 1.54) is 6.08 Å². The van der Waals surface area contributed by atoms with Crippen LogP contribution in [0.1, 0.15) is 12.8 Å². The second-order valence-corrected chi connectivity index (χ2v) is 4.80. The van der Waals surface area contributed by atoms with Gasteiger partial charge in [-0.1, -0.05) is 0 Å². The summed E-state index contributed by atoms with van der Waals surface area (Å²) in [5, 5.41) is 9.49. The molecule has 0 aromatic heterocycles. The van der Waals surface area contributed by atoms with Crippen LogP contribution >= 0.6 is 0 Å². The third kappa shape index (κ3) is 1.44.